The molecule has 5 rings (SSSR count). The Morgan fingerprint density at radius 2 is 2.03 bits per heavy atom. The number of carbonyl (C=O) groups excluding carboxylic acids is 1. The molecular formula is C23H28N4O3. The van der Waals surface area contributed by atoms with Crippen LogP contribution in [0.4, 0.5) is 5.69 Å². The van der Waals surface area contributed by atoms with Crippen LogP contribution in [-0.4, -0.2) is 50.6 Å². The van der Waals surface area contributed by atoms with Crippen LogP contribution in [0.3, 0.4) is 0 Å². The number of β-amino-alcohol motifs (C(OH)–C–C–N with tert-alkyl or cyclic N) is 1. The second kappa shape index (κ2) is 6.96. The highest BCUT2D eigenvalue weighted by atomic mass is 16.3. The number of anilines is 1. The Bertz CT molecular complexity index is 1130. The number of rotatable bonds is 5. The monoisotopic (exact) mass is 408 g/mol. The van der Waals surface area contributed by atoms with Crippen molar-refractivity contribution in [2.24, 2.45) is 0 Å². The smallest absolute Gasteiger partial charge is 0.237 e. The summed E-state index contributed by atoms with van der Waals surface area (Å²) in [6.45, 7) is 3.83. The van der Waals surface area contributed by atoms with Crippen LogP contribution < -0.4 is 4.90 Å². The van der Waals surface area contributed by atoms with Gasteiger partial charge in [0.05, 0.1) is 42.3 Å². The number of fused-ring (bicyclic) bond motifs is 6. The van der Waals surface area contributed by atoms with E-state index in [4.69, 9.17) is 0 Å². The summed E-state index contributed by atoms with van der Waals surface area (Å²) in [4.78, 5) is 18.8. The van der Waals surface area contributed by atoms with Gasteiger partial charge in [-0.25, -0.2) is 0 Å². The predicted molar refractivity (Wildman–Crippen MR) is 116 cm³/mol. The summed E-state index contributed by atoms with van der Waals surface area (Å²) in [5, 5.41) is 28.0. The van der Waals surface area contributed by atoms with E-state index in [0.717, 1.165) is 52.8 Å². The van der Waals surface area contributed by atoms with Gasteiger partial charge in [0.1, 0.15) is 0 Å². The van der Waals surface area contributed by atoms with Crippen molar-refractivity contribution in [1.29, 1.82) is 0 Å². The molecule has 158 valence electrons. The van der Waals surface area contributed by atoms with E-state index >= 15 is 0 Å². The van der Waals surface area contributed by atoms with E-state index in [1.54, 1.807) is 4.90 Å². The van der Waals surface area contributed by atoms with E-state index < -0.39 is 11.5 Å². The summed E-state index contributed by atoms with van der Waals surface area (Å²) in [7, 11) is 0. The predicted octanol–water partition coefficient (Wildman–Crippen LogP) is 2.80. The third kappa shape index (κ3) is 2.51. The van der Waals surface area contributed by atoms with Gasteiger partial charge in [0, 0.05) is 16.6 Å². The van der Waals surface area contributed by atoms with Gasteiger partial charge in [0.25, 0.3) is 0 Å². The number of nitrogens with one attached hydrogen (secondary N) is 2. The maximum atomic E-state index is 13.5. The maximum Gasteiger partial charge on any atom is 0.237 e. The lowest BCUT2D eigenvalue weighted by molar-refractivity contribution is -0.123. The lowest BCUT2D eigenvalue weighted by Crippen LogP contribution is -2.43. The first-order chi connectivity index (χ1) is 14.5. The van der Waals surface area contributed by atoms with E-state index in [2.05, 4.69) is 27.3 Å². The minimum Gasteiger partial charge on any atom is -0.394 e. The number of amides is 1. The molecule has 7 heteroatoms. The number of nitrogens with zero attached hydrogens (tertiary/aromatic N) is 2. The number of carbonyl (C=O) groups is 1. The average molecular weight is 409 g/mol. The normalized spacial score (nSPS) is 18.3. The Labute approximate surface area is 175 Å². The molecule has 0 fully saturated rings. The first kappa shape index (κ1) is 19.3. The zero-order chi connectivity index (χ0) is 21.0. The van der Waals surface area contributed by atoms with Crippen molar-refractivity contribution in [1.82, 2.24) is 15.2 Å². The van der Waals surface area contributed by atoms with Crippen molar-refractivity contribution in [2.45, 2.75) is 57.5 Å². The molecule has 1 aliphatic heterocycles. The van der Waals surface area contributed by atoms with Gasteiger partial charge < -0.3 is 20.1 Å². The number of hydrogen-bond donors (Lipinski definition) is 4. The molecule has 2 aliphatic rings. The molecule has 0 saturated carbocycles. The second-order valence-corrected chi connectivity index (χ2v) is 8.56. The fourth-order valence-electron chi connectivity index (χ4n) is 5.40. The minimum atomic E-state index is -0.960. The molecule has 0 spiro atoms. The van der Waals surface area contributed by atoms with Crippen molar-refractivity contribution in [2.75, 3.05) is 18.1 Å². The van der Waals surface area contributed by atoms with Gasteiger partial charge in [-0.05, 0) is 60.9 Å². The Kier molecular flexibility index (Phi) is 4.48. The molecule has 1 aliphatic carbocycles. The van der Waals surface area contributed by atoms with Crippen LogP contribution in [0, 0.1) is 0 Å². The zero-order valence-corrected chi connectivity index (χ0v) is 17.5. The lowest BCUT2D eigenvalue weighted by Gasteiger charge is -2.26. The van der Waals surface area contributed by atoms with E-state index in [0.29, 0.717) is 12.8 Å². The highest BCUT2D eigenvalue weighted by molar-refractivity contribution is 6.11. The van der Waals surface area contributed by atoms with Crippen molar-refractivity contribution >= 4 is 22.5 Å². The number of aliphatic hydroxyl groups is 2. The molecular weight excluding hydrogens is 380 g/mol. The quantitative estimate of drug-likeness (QED) is 0.521. The van der Waals surface area contributed by atoms with Crippen LogP contribution in [0.1, 0.15) is 49.8 Å². The molecule has 1 atom stereocenters. The second-order valence-electron chi connectivity index (χ2n) is 8.56. The van der Waals surface area contributed by atoms with Crippen molar-refractivity contribution in [3.05, 3.63) is 35.0 Å². The molecule has 2 aromatic heterocycles. The van der Waals surface area contributed by atoms with Crippen LogP contribution in [0.25, 0.3) is 22.3 Å². The molecule has 0 radical (unpaired) electrons. The molecule has 4 N–H and O–H groups in total. The molecule has 0 saturated heterocycles. The summed E-state index contributed by atoms with van der Waals surface area (Å²) in [5.74, 6) is 0.0181. The van der Waals surface area contributed by atoms with Crippen LogP contribution in [0.15, 0.2) is 18.3 Å². The first-order valence-corrected chi connectivity index (χ1v) is 10.9. The third-order valence-electron chi connectivity index (χ3n) is 7.14. The SMILES string of the molecule is CCC1(CC)C(=O)N(CC(O)CO)c2cc3c4c([nH]c3cc21)-c1[nH]ncc1CCC4. The number of hydrogen-bond acceptors (Lipinski definition) is 4. The minimum absolute atomic E-state index is 0.0181. The van der Waals surface area contributed by atoms with Gasteiger partial charge in [-0.2, -0.15) is 5.10 Å². The molecule has 30 heavy (non-hydrogen) atoms. The average Bonchev–Trinajstić information content (AvgIpc) is 3.38. The van der Waals surface area contributed by atoms with Crippen molar-refractivity contribution in [3.63, 3.8) is 0 Å². The van der Waals surface area contributed by atoms with Crippen LogP contribution in [-0.2, 0) is 23.1 Å². The van der Waals surface area contributed by atoms with Gasteiger partial charge in [-0.3, -0.25) is 9.89 Å². The largest absolute Gasteiger partial charge is 0.394 e. The molecule has 7 nitrogen and oxygen atoms in total. The number of aromatic nitrogens is 3. The van der Waals surface area contributed by atoms with Gasteiger partial charge in [0.2, 0.25) is 5.91 Å². The molecule has 1 amide bonds. The lowest BCUT2D eigenvalue weighted by atomic mass is 9.76. The highest BCUT2D eigenvalue weighted by Gasteiger charge is 2.49. The molecule has 3 aromatic rings. The molecule has 1 aromatic carbocycles. The van der Waals surface area contributed by atoms with E-state index in [1.807, 2.05) is 20.0 Å². The summed E-state index contributed by atoms with van der Waals surface area (Å²) in [6, 6.07) is 4.24. The summed E-state index contributed by atoms with van der Waals surface area (Å²) in [5.41, 5.74) is 6.93. The Morgan fingerprint density at radius 1 is 1.23 bits per heavy atom. The number of benzene rings is 1. The standard InChI is InChI=1S/C23H28N4O3/c1-3-23(4-2)17-9-18-16(8-19(17)27(22(23)30)11-14(29)12-28)15-7-5-6-13-10-24-26-20(13)21(15)25-18/h8-10,14,25,28-29H,3-7,11-12H2,1-2H3,(H,24,26). The van der Waals surface area contributed by atoms with Gasteiger partial charge in [-0.1, -0.05) is 13.8 Å². The third-order valence-corrected chi connectivity index (χ3v) is 7.14. The Morgan fingerprint density at radius 3 is 2.77 bits per heavy atom. The Balaban J connectivity index is 1.74. The van der Waals surface area contributed by atoms with Crippen LogP contribution in [0.2, 0.25) is 0 Å². The number of aryl methyl sites for hydroxylation is 2. The first-order valence-electron chi connectivity index (χ1n) is 10.9. The molecule has 1 unspecified atom stereocenters. The van der Waals surface area contributed by atoms with E-state index in [9.17, 15) is 15.0 Å². The maximum absolute atomic E-state index is 13.5. The summed E-state index contributed by atoms with van der Waals surface area (Å²) in [6.07, 6.45) is 5.32. The van der Waals surface area contributed by atoms with Gasteiger partial charge in [-0.15, -0.1) is 0 Å². The number of aliphatic hydroxyl groups excluding tert-OH is 2. The molecule has 3 heterocycles. The van der Waals surface area contributed by atoms with Gasteiger partial charge >= 0.3 is 0 Å². The number of aromatic amines is 2. The Hall–Kier alpha value is -2.64. The van der Waals surface area contributed by atoms with E-state index in [1.165, 1.54) is 11.1 Å². The molecule has 0 bridgehead atoms. The fraction of sp³-hybridized carbons (Fsp3) is 0.478. The summed E-state index contributed by atoms with van der Waals surface area (Å²) < 4.78 is 0. The summed E-state index contributed by atoms with van der Waals surface area (Å²) >= 11 is 0. The van der Waals surface area contributed by atoms with Gasteiger partial charge in [0.15, 0.2) is 0 Å². The van der Waals surface area contributed by atoms with Crippen LogP contribution >= 0.6 is 0 Å². The van der Waals surface area contributed by atoms with Crippen molar-refractivity contribution < 1.29 is 15.0 Å². The number of H-pyrrole nitrogens is 2. The highest BCUT2D eigenvalue weighted by Crippen LogP contribution is 2.49. The fourth-order valence-corrected chi connectivity index (χ4v) is 5.40. The van der Waals surface area contributed by atoms with Crippen molar-refractivity contribution in [3.8, 4) is 11.4 Å². The van der Waals surface area contributed by atoms with Crippen LogP contribution in [0.5, 0.6) is 0 Å². The zero-order valence-electron chi connectivity index (χ0n) is 17.5. The van der Waals surface area contributed by atoms with E-state index in [-0.39, 0.29) is 19.1 Å². The topological polar surface area (TPSA) is 105 Å².